The number of esters is 1. The third-order valence-electron chi connectivity index (χ3n) is 5.13. The van der Waals surface area contributed by atoms with E-state index in [-0.39, 0.29) is 18.0 Å². The molecule has 2 fully saturated rings. The highest BCUT2D eigenvalue weighted by Crippen LogP contribution is 2.52. The van der Waals surface area contributed by atoms with Crippen LogP contribution in [-0.4, -0.2) is 36.7 Å². The van der Waals surface area contributed by atoms with Gasteiger partial charge in [-0.25, -0.2) is 0 Å². The molecule has 126 valence electrons. The molecular formula is C19H21NO4. The number of benzene rings is 1. The quantitative estimate of drug-likeness (QED) is 0.629. The van der Waals surface area contributed by atoms with Crippen LogP contribution in [0.25, 0.3) is 0 Å². The lowest BCUT2D eigenvalue weighted by Gasteiger charge is -2.22. The third kappa shape index (κ3) is 2.11. The fourth-order valence-corrected chi connectivity index (χ4v) is 4.08. The molecular weight excluding hydrogens is 306 g/mol. The van der Waals surface area contributed by atoms with E-state index in [2.05, 4.69) is 0 Å². The summed E-state index contributed by atoms with van der Waals surface area (Å²) in [6, 6.07) is 7.83. The van der Waals surface area contributed by atoms with Crippen molar-refractivity contribution in [1.82, 2.24) is 0 Å². The molecule has 3 aliphatic rings. The molecule has 24 heavy (non-hydrogen) atoms. The van der Waals surface area contributed by atoms with Gasteiger partial charge in [0.05, 0.1) is 25.2 Å². The van der Waals surface area contributed by atoms with E-state index in [0.717, 1.165) is 17.7 Å². The number of amides is 1. The van der Waals surface area contributed by atoms with Crippen LogP contribution in [0.1, 0.15) is 18.9 Å². The predicted molar refractivity (Wildman–Crippen MR) is 88.5 cm³/mol. The van der Waals surface area contributed by atoms with E-state index in [1.54, 1.807) is 4.90 Å². The summed E-state index contributed by atoms with van der Waals surface area (Å²) in [7, 11) is 0. The molecule has 5 nitrogen and oxygen atoms in total. The predicted octanol–water partition coefficient (Wildman–Crippen LogP) is 2.23. The fourth-order valence-electron chi connectivity index (χ4n) is 4.08. The first kappa shape index (κ1) is 15.4. The van der Waals surface area contributed by atoms with Crippen LogP contribution in [-0.2, 0) is 19.1 Å². The molecule has 0 radical (unpaired) electrons. The van der Waals surface area contributed by atoms with Gasteiger partial charge < -0.3 is 14.4 Å². The largest absolute Gasteiger partial charge is 0.465 e. The van der Waals surface area contributed by atoms with E-state index in [1.807, 2.05) is 50.3 Å². The normalized spacial score (nSPS) is 33.2. The van der Waals surface area contributed by atoms with E-state index in [4.69, 9.17) is 9.47 Å². The number of hydrogen-bond donors (Lipinski definition) is 0. The maximum atomic E-state index is 13.1. The summed E-state index contributed by atoms with van der Waals surface area (Å²) in [6.45, 7) is 4.77. The minimum atomic E-state index is -0.693. The van der Waals surface area contributed by atoms with Crippen LogP contribution in [0, 0.1) is 18.8 Å². The van der Waals surface area contributed by atoms with E-state index in [0.29, 0.717) is 13.2 Å². The highest BCUT2D eigenvalue weighted by molar-refractivity contribution is 6.02. The molecule has 2 saturated heterocycles. The van der Waals surface area contributed by atoms with Crippen molar-refractivity contribution >= 4 is 17.6 Å². The average molecular weight is 327 g/mol. The van der Waals surface area contributed by atoms with Crippen molar-refractivity contribution in [1.29, 1.82) is 0 Å². The van der Waals surface area contributed by atoms with Crippen LogP contribution in [0.4, 0.5) is 5.69 Å². The zero-order chi connectivity index (χ0) is 16.9. The average Bonchev–Trinajstić information content (AvgIpc) is 3.21. The topological polar surface area (TPSA) is 55.8 Å². The molecule has 3 aliphatic heterocycles. The summed E-state index contributed by atoms with van der Waals surface area (Å²) in [5, 5.41) is 0. The van der Waals surface area contributed by atoms with Crippen molar-refractivity contribution in [3.63, 3.8) is 0 Å². The molecule has 5 heteroatoms. The minimum absolute atomic E-state index is 0.0501. The lowest BCUT2D eigenvalue weighted by atomic mass is 9.77. The summed E-state index contributed by atoms with van der Waals surface area (Å²) in [5.41, 5.74) is 1.25. The molecule has 1 amide bonds. The molecule has 1 spiro atoms. The van der Waals surface area contributed by atoms with Gasteiger partial charge >= 0.3 is 5.97 Å². The second kappa shape index (κ2) is 5.45. The second-order valence-electron chi connectivity index (χ2n) is 6.83. The lowest BCUT2D eigenvalue weighted by Crippen LogP contribution is -2.40. The summed E-state index contributed by atoms with van der Waals surface area (Å²) in [5.74, 6) is -1.40. The van der Waals surface area contributed by atoms with E-state index in [9.17, 15) is 9.59 Å². The van der Waals surface area contributed by atoms with Crippen LogP contribution >= 0.6 is 0 Å². The molecule has 4 atom stereocenters. The molecule has 0 N–H and O–H groups in total. The van der Waals surface area contributed by atoms with Crippen molar-refractivity contribution in [3.8, 4) is 0 Å². The zero-order valence-corrected chi connectivity index (χ0v) is 13.9. The van der Waals surface area contributed by atoms with Crippen molar-refractivity contribution in [2.75, 3.05) is 18.1 Å². The molecule has 2 bridgehead atoms. The molecule has 4 rings (SSSR count). The van der Waals surface area contributed by atoms with Gasteiger partial charge in [-0.15, -0.1) is 0 Å². The number of fused-ring (bicyclic) bond motifs is 1. The van der Waals surface area contributed by atoms with Crippen LogP contribution in [0.3, 0.4) is 0 Å². The third-order valence-corrected chi connectivity index (χ3v) is 5.13. The van der Waals surface area contributed by atoms with Gasteiger partial charge in [-0.1, -0.05) is 31.2 Å². The standard InChI is InChI=1S/C19H21NO4/c1-3-9-23-18(22)15-14-7-8-19(24-14)11-20(17(21)16(15)19)13-6-4-5-12(2)10-13/h4-8,10,14-16H,3,9,11H2,1-2H3/t14-,15+,16-,19?/m1/s1. The first-order valence-electron chi connectivity index (χ1n) is 8.47. The maximum absolute atomic E-state index is 13.1. The summed E-state index contributed by atoms with van der Waals surface area (Å²) >= 11 is 0. The molecule has 3 heterocycles. The molecule has 0 aromatic heterocycles. The van der Waals surface area contributed by atoms with Crippen molar-refractivity contribution in [3.05, 3.63) is 42.0 Å². The number of ether oxygens (including phenoxy) is 2. The highest BCUT2D eigenvalue weighted by Gasteiger charge is 2.67. The van der Waals surface area contributed by atoms with Gasteiger partial charge in [0.1, 0.15) is 11.5 Å². The summed E-state index contributed by atoms with van der Waals surface area (Å²) in [6.07, 6.45) is 4.28. The summed E-state index contributed by atoms with van der Waals surface area (Å²) < 4.78 is 11.4. The number of rotatable bonds is 4. The number of nitrogens with zero attached hydrogens (tertiary/aromatic N) is 1. The molecule has 0 aliphatic carbocycles. The summed E-state index contributed by atoms with van der Waals surface area (Å²) in [4.78, 5) is 27.3. The van der Waals surface area contributed by atoms with Crippen molar-refractivity contribution in [2.45, 2.75) is 32.0 Å². The Labute approximate surface area is 141 Å². The van der Waals surface area contributed by atoms with E-state index >= 15 is 0 Å². The van der Waals surface area contributed by atoms with E-state index in [1.165, 1.54) is 0 Å². The molecule has 1 unspecified atom stereocenters. The Morgan fingerprint density at radius 2 is 2.29 bits per heavy atom. The SMILES string of the molecule is CCCOC(=O)[C@H]1[C@H]2C=CC3(CN(c4cccc(C)c4)C(=O)[C@@H]13)O2. The number of hydrogen-bond acceptors (Lipinski definition) is 4. The second-order valence-corrected chi connectivity index (χ2v) is 6.83. The molecule has 1 aromatic rings. The van der Waals surface area contributed by atoms with Gasteiger partial charge in [0.25, 0.3) is 0 Å². The first-order chi connectivity index (χ1) is 11.6. The Balaban J connectivity index is 1.65. The zero-order valence-electron chi connectivity index (χ0n) is 13.9. The van der Waals surface area contributed by atoms with Gasteiger partial charge in [-0.2, -0.15) is 0 Å². The van der Waals surface area contributed by atoms with E-state index < -0.39 is 17.4 Å². The lowest BCUT2D eigenvalue weighted by molar-refractivity contribution is -0.152. The van der Waals surface area contributed by atoms with Crippen LogP contribution in [0.5, 0.6) is 0 Å². The number of carbonyl (C=O) groups excluding carboxylic acids is 2. The smallest absolute Gasteiger partial charge is 0.312 e. The maximum Gasteiger partial charge on any atom is 0.312 e. The molecule has 1 aromatic carbocycles. The minimum Gasteiger partial charge on any atom is -0.465 e. The van der Waals surface area contributed by atoms with Gasteiger partial charge in [0, 0.05) is 5.69 Å². The van der Waals surface area contributed by atoms with Gasteiger partial charge in [-0.3, -0.25) is 9.59 Å². The fraction of sp³-hybridized carbons (Fsp3) is 0.474. The number of anilines is 1. The van der Waals surface area contributed by atoms with Crippen LogP contribution in [0.15, 0.2) is 36.4 Å². The first-order valence-corrected chi connectivity index (χ1v) is 8.47. The monoisotopic (exact) mass is 327 g/mol. The number of aryl methyl sites for hydroxylation is 1. The van der Waals surface area contributed by atoms with Gasteiger partial charge in [0.2, 0.25) is 5.91 Å². The Morgan fingerprint density at radius 1 is 1.46 bits per heavy atom. The Kier molecular flexibility index (Phi) is 3.49. The number of carbonyl (C=O) groups is 2. The molecule has 0 saturated carbocycles. The van der Waals surface area contributed by atoms with Crippen LogP contribution in [0.2, 0.25) is 0 Å². The Morgan fingerprint density at radius 3 is 3.04 bits per heavy atom. The van der Waals surface area contributed by atoms with Crippen molar-refractivity contribution in [2.24, 2.45) is 11.8 Å². The Bertz CT molecular complexity index is 728. The van der Waals surface area contributed by atoms with Gasteiger partial charge in [-0.05, 0) is 31.0 Å². The van der Waals surface area contributed by atoms with Crippen LogP contribution < -0.4 is 4.90 Å². The van der Waals surface area contributed by atoms with Crippen molar-refractivity contribution < 1.29 is 19.1 Å². The Hall–Kier alpha value is -2.14. The highest BCUT2D eigenvalue weighted by atomic mass is 16.6. The van der Waals surface area contributed by atoms with Gasteiger partial charge in [0.15, 0.2) is 0 Å².